The van der Waals surface area contributed by atoms with Gasteiger partial charge in [-0.25, -0.2) is 4.79 Å². The molecule has 23 heavy (non-hydrogen) atoms. The Hall–Kier alpha value is -2.76. The number of carboxylic acid groups (broad SMARTS) is 1. The average molecular weight is 315 g/mol. The van der Waals surface area contributed by atoms with E-state index >= 15 is 0 Å². The molecule has 1 aliphatic carbocycles. The van der Waals surface area contributed by atoms with E-state index in [2.05, 4.69) is 5.32 Å². The zero-order valence-electron chi connectivity index (χ0n) is 12.5. The molecule has 1 saturated carbocycles. The normalized spacial score (nSPS) is 13.6. The number of hydrogen-bond acceptors (Lipinski definition) is 4. The summed E-state index contributed by atoms with van der Waals surface area (Å²) >= 11 is 0. The lowest BCUT2D eigenvalue weighted by Gasteiger charge is -2.10. The Morgan fingerprint density at radius 3 is 2.70 bits per heavy atom. The molecule has 6 heteroatoms. The number of furan rings is 1. The first-order chi connectivity index (χ1) is 11.1. The summed E-state index contributed by atoms with van der Waals surface area (Å²) in [5, 5.41) is 11.5. The highest BCUT2D eigenvalue weighted by molar-refractivity contribution is 5.96. The number of carbonyl (C=O) groups is 2. The van der Waals surface area contributed by atoms with E-state index in [-0.39, 0.29) is 18.2 Å². The van der Waals surface area contributed by atoms with E-state index in [0.717, 1.165) is 0 Å². The summed E-state index contributed by atoms with van der Waals surface area (Å²) < 4.78 is 10.8. The van der Waals surface area contributed by atoms with Crippen molar-refractivity contribution in [2.24, 2.45) is 5.92 Å². The Bertz CT molecular complexity index is 717. The minimum absolute atomic E-state index is 0.114. The minimum Gasteiger partial charge on any atom is -0.492 e. The summed E-state index contributed by atoms with van der Waals surface area (Å²) in [6, 6.07) is 9.95. The molecule has 0 saturated heterocycles. The number of carboxylic acids is 1. The Balaban J connectivity index is 1.61. The molecule has 2 aromatic rings. The summed E-state index contributed by atoms with van der Waals surface area (Å²) in [7, 11) is 0. The number of rotatable bonds is 7. The van der Waals surface area contributed by atoms with Gasteiger partial charge in [-0.3, -0.25) is 4.79 Å². The molecule has 0 radical (unpaired) electrons. The second-order valence-corrected chi connectivity index (χ2v) is 5.50. The maximum atomic E-state index is 12.3. The fraction of sp³-hybridized carbons (Fsp3) is 0.294. The van der Waals surface area contributed by atoms with Gasteiger partial charge in [-0.05, 0) is 43.0 Å². The Morgan fingerprint density at radius 2 is 2.00 bits per heavy atom. The van der Waals surface area contributed by atoms with Crippen molar-refractivity contribution in [1.29, 1.82) is 0 Å². The lowest BCUT2D eigenvalue weighted by molar-refractivity contribution is 0.0660. The molecule has 6 nitrogen and oxygen atoms in total. The monoisotopic (exact) mass is 315 g/mol. The summed E-state index contributed by atoms with van der Waals surface area (Å²) in [5.74, 6) is -0.0353. The molecule has 0 spiro atoms. The van der Waals surface area contributed by atoms with Crippen LogP contribution >= 0.6 is 0 Å². The Morgan fingerprint density at radius 1 is 1.22 bits per heavy atom. The van der Waals surface area contributed by atoms with Gasteiger partial charge >= 0.3 is 5.97 Å². The SMILES string of the molecule is O=C(O)c1ccc(CNC(=O)c2ccccc2OCC2CC2)o1. The predicted molar refractivity (Wildman–Crippen MR) is 81.5 cm³/mol. The van der Waals surface area contributed by atoms with Crippen molar-refractivity contribution in [2.75, 3.05) is 6.61 Å². The van der Waals surface area contributed by atoms with Crippen LogP contribution in [0.25, 0.3) is 0 Å². The van der Waals surface area contributed by atoms with Crippen molar-refractivity contribution in [3.8, 4) is 5.75 Å². The highest BCUT2D eigenvalue weighted by Gasteiger charge is 2.23. The van der Waals surface area contributed by atoms with E-state index < -0.39 is 5.97 Å². The molecule has 2 N–H and O–H groups in total. The van der Waals surface area contributed by atoms with Crippen LogP contribution in [0.2, 0.25) is 0 Å². The van der Waals surface area contributed by atoms with Gasteiger partial charge in [-0.2, -0.15) is 0 Å². The maximum absolute atomic E-state index is 12.3. The van der Waals surface area contributed by atoms with Crippen LogP contribution in [0, 0.1) is 5.92 Å². The summed E-state index contributed by atoms with van der Waals surface area (Å²) in [6.45, 7) is 0.744. The van der Waals surface area contributed by atoms with Crippen molar-refractivity contribution in [2.45, 2.75) is 19.4 Å². The third-order valence-corrected chi connectivity index (χ3v) is 3.60. The number of benzene rings is 1. The summed E-state index contributed by atoms with van der Waals surface area (Å²) in [6.07, 6.45) is 2.36. The van der Waals surface area contributed by atoms with Crippen molar-refractivity contribution in [3.05, 3.63) is 53.5 Å². The van der Waals surface area contributed by atoms with Gasteiger partial charge < -0.3 is 19.6 Å². The van der Waals surface area contributed by atoms with Crippen molar-refractivity contribution >= 4 is 11.9 Å². The topological polar surface area (TPSA) is 88.8 Å². The van der Waals surface area contributed by atoms with Crippen LogP contribution in [0.3, 0.4) is 0 Å². The molecule has 1 aliphatic rings. The number of para-hydroxylation sites is 1. The Labute approximate surface area is 133 Å². The second kappa shape index (κ2) is 6.56. The first-order valence-corrected chi connectivity index (χ1v) is 7.45. The smallest absolute Gasteiger partial charge is 0.371 e. The zero-order valence-corrected chi connectivity index (χ0v) is 12.5. The molecule has 1 aromatic heterocycles. The molecule has 0 bridgehead atoms. The molecule has 3 rings (SSSR count). The highest BCUT2D eigenvalue weighted by atomic mass is 16.5. The lowest BCUT2D eigenvalue weighted by Crippen LogP contribution is -2.23. The van der Waals surface area contributed by atoms with Crippen LogP contribution in [0.1, 0.15) is 39.5 Å². The van der Waals surface area contributed by atoms with Gasteiger partial charge in [0.1, 0.15) is 11.5 Å². The van der Waals surface area contributed by atoms with Gasteiger partial charge in [0, 0.05) is 0 Å². The van der Waals surface area contributed by atoms with Crippen molar-refractivity contribution in [3.63, 3.8) is 0 Å². The van der Waals surface area contributed by atoms with E-state index in [9.17, 15) is 9.59 Å². The van der Waals surface area contributed by atoms with E-state index in [0.29, 0.717) is 29.6 Å². The molecule has 1 amide bonds. The van der Waals surface area contributed by atoms with Crippen LogP contribution in [0.15, 0.2) is 40.8 Å². The molecular weight excluding hydrogens is 298 g/mol. The third kappa shape index (κ3) is 3.91. The first-order valence-electron chi connectivity index (χ1n) is 7.45. The average Bonchev–Trinajstić information content (AvgIpc) is 3.26. The van der Waals surface area contributed by atoms with Crippen LogP contribution in [-0.2, 0) is 6.54 Å². The zero-order chi connectivity index (χ0) is 16.2. The first kappa shape index (κ1) is 15.1. The number of hydrogen-bond donors (Lipinski definition) is 2. The summed E-state index contributed by atoms with van der Waals surface area (Å²) in [5.41, 5.74) is 0.457. The van der Waals surface area contributed by atoms with E-state index in [1.807, 2.05) is 6.07 Å². The second-order valence-electron chi connectivity index (χ2n) is 5.50. The van der Waals surface area contributed by atoms with Gasteiger partial charge in [0.25, 0.3) is 5.91 Å². The number of aromatic carboxylic acids is 1. The number of amides is 1. The number of ether oxygens (including phenoxy) is 1. The van der Waals surface area contributed by atoms with Gasteiger partial charge in [0.05, 0.1) is 18.7 Å². The van der Waals surface area contributed by atoms with Crippen LogP contribution in [-0.4, -0.2) is 23.6 Å². The van der Waals surface area contributed by atoms with Crippen LogP contribution in [0.5, 0.6) is 5.75 Å². The van der Waals surface area contributed by atoms with Gasteiger partial charge in [-0.1, -0.05) is 12.1 Å². The standard InChI is InChI=1S/C17H17NO5/c19-16(18-9-12-7-8-15(23-12)17(20)21)13-3-1-2-4-14(13)22-10-11-5-6-11/h1-4,7-8,11H,5-6,9-10H2,(H,18,19)(H,20,21). The molecule has 0 aliphatic heterocycles. The van der Waals surface area contributed by atoms with Gasteiger partial charge in [-0.15, -0.1) is 0 Å². The van der Waals surface area contributed by atoms with Gasteiger partial charge in [0.2, 0.25) is 5.76 Å². The van der Waals surface area contributed by atoms with Gasteiger partial charge in [0.15, 0.2) is 0 Å². The van der Waals surface area contributed by atoms with Crippen LogP contribution in [0.4, 0.5) is 0 Å². The quantitative estimate of drug-likeness (QED) is 0.820. The van der Waals surface area contributed by atoms with Crippen molar-refractivity contribution < 1.29 is 23.8 Å². The lowest BCUT2D eigenvalue weighted by atomic mass is 10.2. The Kier molecular flexibility index (Phi) is 4.32. The van der Waals surface area contributed by atoms with Crippen LogP contribution < -0.4 is 10.1 Å². The number of nitrogens with one attached hydrogen (secondary N) is 1. The molecule has 1 fully saturated rings. The molecule has 1 heterocycles. The minimum atomic E-state index is -1.14. The fourth-order valence-electron chi connectivity index (χ4n) is 2.12. The molecule has 0 atom stereocenters. The molecular formula is C17H17NO5. The fourth-order valence-corrected chi connectivity index (χ4v) is 2.12. The highest BCUT2D eigenvalue weighted by Crippen LogP contribution is 2.30. The maximum Gasteiger partial charge on any atom is 0.371 e. The van der Waals surface area contributed by atoms with E-state index in [4.69, 9.17) is 14.3 Å². The number of carbonyl (C=O) groups excluding carboxylic acids is 1. The molecule has 120 valence electrons. The van der Waals surface area contributed by atoms with E-state index in [1.165, 1.54) is 25.0 Å². The molecule has 0 unspecified atom stereocenters. The summed E-state index contributed by atoms with van der Waals surface area (Å²) in [4.78, 5) is 23.0. The molecule has 1 aromatic carbocycles. The third-order valence-electron chi connectivity index (χ3n) is 3.60. The van der Waals surface area contributed by atoms with Crippen molar-refractivity contribution in [1.82, 2.24) is 5.32 Å². The van der Waals surface area contributed by atoms with E-state index in [1.54, 1.807) is 18.2 Å². The largest absolute Gasteiger partial charge is 0.492 e. The predicted octanol–water partition coefficient (Wildman–Crippen LogP) is 2.70.